The summed E-state index contributed by atoms with van der Waals surface area (Å²) in [5.74, 6) is 2.35. The van der Waals surface area contributed by atoms with Gasteiger partial charge in [0.2, 0.25) is 11.7 Å². The third-order valence-corrected chi connectivity index (χ3v) is 4.62. The molecule has 1 heterocycles. The lowest BCUT2D eigenvalue weighted by Gasteiger charge is -2.14. The molecule has 164 valence electrons. The normalized spacial score (nSPS) is 11.0. The number of hydrogen-bond donors (Lipinski definition) is 3. The number of carbonyl (C=O) groups is 1. The Labute approximate surface area is 179 Å². The fraction of sp³-hybridized carbons (Fsp3) is 0.273. The molecule has 2 aromatic carbocycles. The summed E-state index contributed by atoms with van der Waals surface area (Å²) in [6, 6.07) is 7.24. The van der Waals surface area contributed by atoms with Gasteiger partial charge in [-0.15, -0.1) is 0 Å². The first-order valence-electron chi connectivity index (χ1n) is 9.50. The minimum atomic E-state index is -0.309. The van der Waals surface area contributed by atoms with Crippen LogP contribution in [-0.2, 0) is 4.79 Å². The number of hydrogen-bond acceptors (Lipinski definition) is 7. The summed E-state index contributed by atoms with van der Waals surface area (Å²) < 4.78 is 21.8. The number of aromatic nitrogens is 2. The van der Waals surface area contributed by atoms with Gasteiger partial charge in [0.15, 0.2) is 11.5 Å². The van der Waals surface area contributed by atoms with Crippen molar-refractivity contribution in [3.8, 4) is 34.4 Å². The smallest absolute Gasteiger partial charge is 0.244 e. The standard InChI is InChI=1S/C22H25N3O6/c1-28-17-7-6-14(20(30-3)21(17)31-4)22-24-15-11-13(5-8-19(27)23-9-10-26)18(29-2)12-16(15)25-22/h5-8,11-12,26H,9-10H2,1-4H3,(H,23,27)(H,24,25)/b8-5+. The van der Waals surface area contributed by atoms with Crippen LogP contribution in [0.2, 0.25) is 0 Å². The van der Waals surface area contributed by atoms with E-state index in [0.717, 1.165) is 5.52 Å². The first kappa shape index (κ1) is 22.0. The van der Waals surface area contributed by atoms with Crippen LogP contribution in [0.3, 0.4) is 0 Å². The molecule has 0 aliphatic rings. The first-order valence-corrected chi connectivity index (χ1v) is 9.50. The van der Waals surface area contributed by atoms with Gasteiger partial charge in [-0.1, -0.05) is 0 Å². The Kier molecular flexibility index (Phi) is 6.99. The molecule has 3 rings (SSSR count). The van der Waals surface area contributed by atoms with E-state index in [-0.39, 0.29) is 19.1 Å². The number of fused-ring (bicyclic) bond motifs is 1. The van der Waals surface area contributed by atoms with Crippen molar-refractivity contribution in [2.24, 2.45) is 0 Å². The van der Waals surface area contributed by atoms with Crippen LogP contribution >= 0.6 is 0 Å². The maximum absolute atomic E-state index is 11.8. The molecule has 0 aliphatic heterocycles. The van der Waals surface area contributed by atoms with Crippen molar-refractivity contribution in [1.82, 2.24) is 15.3 Å². The number of aliphatic hydroxyl groups is 1. The predicted octanol–water partition coefficient (Wildman–Crippen LogP) is 2.39. The molecule has 3 N–H and O–H groups in total. The van der Waals surface area contributed by atoms with Gasteiger partial charge < -0.3 is 34.4 Å². The summed E-state index contributed by atoms with van der Waals surface area (Å²) in [6.07, 6.45) is 3.02. The Morgan fingerprint density at radius 1 is 1.06 bits per heavy atom. The van der Waals surface area contributed by atoms with Crippen LogP contribution in [0.4, 0.5) is 0 Å². The first-order chi connectivity index (χ1) is 15.1. The molecule has 0 atom stereocenters. The molecule has 31 heavy (non-hydrogen) atoms. The lowest BCUT2D eigenvalue weighted by Crippen LogP contribution is -2.24. The third-order valence-electron chi connectivity index (χ3n) is 4.62. The molecule has 0 radical (unpaired) electrons. The van der Waals surface area contributed by atoms with Crippen LogP contribution in [0, 0.1) is 0 Å². The highest BCUT2D eigenvalue weighted by molar-refractivity contribution is 5.93. The Bertz CT molecular complexity index is 1110. The number of amides is 1. The molecule has 0 spiro atoms. The van der Waals surface area contributed by atoms with E-state index in [1.54, 1.807) is 46.6 Å². The minimum absolute atomic E-state index is 0.120. The molecular formula is C22H25N3O6. The Hall–Kier alpha value is -3.72. The van der Waals surface area contributed by atoms with E-state index in [0.29, 0.717) is 45.5 Å². The van der Waals surface area contributed by atoms with E-state index in [2.05, 4.69) is 15.3 Å². The third kappa shape index (κ3) is 4.56. The number of carbonyl (C=O) groups excluding carboxylic acids is 1. The van der Waals surface area contributed by atoms with E-state index >= 15 is 0 Å². The summed E-state index contributed by atoms with van der Waals surface area (Å²) in [5.41, 5.74) is 2.84. The van der Waals surface area contributed by atoms with Gasteiger partial charge in [0, 0.05) is 24.3 Å². The van der Waals surface area contributed by atoms with Gasteiger partial charge in [-0.05, 0) is 24.3 Å². The number of rotatable bonds is 9. The van der Waals surface area contributed by atoms with Crippen LogP contribution in [0.25, 0.3) is 28.5 Å². The Morgan fingerprint density at radius 2 is 1.81 bits per heavy atom. The lowest BCUT2D eigenvalue weighted by molar-refractivity contribution is -0.116. The fourth-order valence-corrected chi connectivity index (χ4v) is 3.18. The van der Waals surface area contributed by atoms with Crippen LogP contribution in [-0.4, -0.2) is 62.6 Å². The highest BCUT2D eigenvalue weighted by Crippen LogP contribution is 2.44. The number of nitrogens with one attached hydrogen (secondary N) is 2. The summed E-state index contributed by atoms with van der Waals surface area (Å²) in [6.45, 7) is 0.0712. The van der Waals surface area contributed by atoms with Crippen molar-refractivity contribution in [2.75, 3.05) is 41.6 Å². The van der Waals surface area contributed by atoms with E-state index < -0.39 is 0 Å². The molecule has 0 bridgehead atoms. The van der Waals surface area contributed by atoms with Crippen molar-refractivity contribution in [1.29, 1.82) is 0 Å². The minimum Gasteiger partial charge on any atom is -0.496 e. The van der Waals surface area contributed by atoms with E-state index in [4.69, 9.17) is 24.1 Å². The molecule has 0 unspecified atom stereocenters. The van der Waals surface area contributed by atoms with Gasteiger partial charge in [-0.2, -0.15) is 0 Å². The number of methoxy groups -OCH3 is 4. The van der Waals surface area contributed by atoms with Gasteiger partial charge >= 0.3 is 0 Å². The second-order valence-corrected chi connectivity index (χ2v) is 6.43. The van der Waals surface area contributed by atoms with E-state index in [1.807, 2.05) is 12.1 Å². The van der Waals surface area contributed by atoms with Crippen molar-refractivity contribution in [2.45, 2.75) is 0 Å². The van der Waals surface area contributed by atoms with Crippen molar-refractivity contribution in [3.63, 3.8) is 0 Å². The summed E-state index contributed by atoms with van der Waals surface area (Å²) >= 11 is 0. The average molecular weight is 427 g/mol. The number of aliphatic hydroxyl groups excluding tert-OH is 1. The second kappa shape index (κ2) is 9.86. The van der Waals surface area contributed by atoms with Gasteiger partial charge in [0.1, 0.15) is 11.6 Å². The van der Waals surface area contributed by atoms with Crippen LogP contribution < -0.4 is 24.3 Å². The molecule has 0 aliphatic carbocycles. The zero-order chi connectivity index (χ0) is 22.4. The molecule has 0 saturated carbocycles. The zero-order valence-electron chi connectivity index (χ0n) is 17.8. The van der Waals surface area contributed by atoms with Crippen molar-refractivity contribution in [3.05, 3.63) is 35.9 Å². The molecule has 9 heteroatoms. The van der Waals surface area contributed by atoms with Gasteiger partial charge in [0.05, 0.1) is 51.6 Å². The molecule has 0 saturated heterocycles. The summed E-state index contributed by atoms with van der Waals surface area (Å²) in [5, 5.41) is 11.4. The average Bonchev–Trinajstić information content (AvgIpc) is 3.21. The summed E-state index contributed by atoms with van der Waals surface area (Å²) in [4.78, 5) is 19.7. The monoisotopic (exact) mass is 427 g/mol. The van der Waals surface area contributed by atoms with Crippen LogP contribution in [0.5, 0.6) is 23.0 Å². The number of ether oxygens (including phenoxy) is 4. The van der Waals surface area contributed by atoms with E-state index in [1.165, 1.54) is 6.08 Å². The molecule has 9 nitrogen and oxygen atoms in total. The predicted molar refractivity (Wildman–Crippen MR) is 117 cm³/mol. The quantitative estimate of drug-likeness (QED) is 0.449. The Balaban J connectivity index is 2.04. The van der Waals surface area contributed by atoms with Crippen LogP contribution in [0.1, 0.15) is 5.56 Å². The Morgan fingerprint density at radius 3 is 2.45 bits per heavy atom. The molecular weight excluding hydrogens is 402 g/mol. The highest BCUT2D eigenvalue weighted by atomic mass is 16.5. The lowest BCUT2D eigenvalue weighted by atomic mass is 10.1. The maximum Gasteiger partial charge on any atom is 0.244 e. The number of imidazole rings is 1. The fourth-order valence-electron chi connectivity index (χ4n) is 3.18. The van der Waals surface area contributed by atoms with Crippen LogP contribution in [0.15, 0.2) is 30.3 Å². The molecule has 1 amide bonds. The van der Waals surface area contributed by atoms with Gasteiger partial charge in [0.25, 0.3) is 0 Å². The number of H-pyrrole nitrogens is 1. The van der Waals surface area contributed by atoms with E-state index in [9.17, 15) is 4.79 Å². The topological polar surface area (TPSA) is 115 Å². The second-order valence-electron chi connectivity index (χ2n) is 6.43. The van der Waals surface area contributed by atoms with Gasteiger partial charge in [-0.25, -0.2) is 4.98 Å². The molecule has 1 aromatic heterocycles. The summed E-state index contributed by atoms with van der Waals surface area (Å²) in [7, 11) is 6.21. The SMILES string of the molecule is COc1cc2nc(-c3ccc(OC)c(OC)c3OC)[nH]c2cc1/C=C/C(=O)NCCO. The van der Waals surface area contributed by atoms with Crippen molar-refractivity contribution >= 4 is 23.0 Å². The number of aromatic amines is 1. The number of benzene rings is 2. The maximum atomic E-state index is 11.8. The number of nitrogens with zero attached hydrogens (tertiary/aromatic N) is 1. The molecule has 0 fully saturated rings. The van der Waals surface area contributed by atoms with Crippen molar-refractivity contribution < 1.29 is 28.8 Å². The zero-order valence-corrected chi connectivity index (χ0v) is 17.8. The largest absolute Gasteiger partial charge is 0.496 e. The molecule has 3 aromatic rings. The highest BCUT2D eigenvalue weighted by Gasteiger charge is 2.19. The van der Waals surface area contributed by atoms with Gasteiger partial charge in [-0.3, -0.25) is 4.79 Å².